The lowest BCUT2D eigenvalue weighted by atomic mass is 10.1. The van der Waals surface area contributed by atoms with Crippen molar-refractivity contribution in [2.75, 3.05) is 0 Å². The molecule has 0 unspecified atom stereocenters. The molecule has 0 aliphatic carbocycles. The highest BCUT2D eigenvalue weighted by Gasteiger charge is 2.20. The van der Waals surface area contributed by atoms with E-state index < -0.39 is 17.9 Å². The number of rotatable bonds is 3. The van der Waals surface area contributed by atoms with Gasteiger partial charge in [-0.1, -0.05) is 18.2 Å². The molecule has 0 atom stereocenters. The molecular formula is C13H12O5. The quantitative estimate of drug-likeness (QED) is 0.503. The molecule has 0 amide bonds. The molecule has 0 bridgehead atoms. The van der Waals surface area contributed by atoms with Gasteiger partial charge < -0.3 is 9.84 Å². The average molecular weight is 248 g/mol. The van der Waals surface area contributed by atoms with Gasteiger partial charge in [0.2, 0.25) is 0 Å². The molecule has 0 saturated heterocycles. The van der Waals surface area contributed by atoms with Gasteiger partial charge in [0, 0.05) is 5.57 Å². The summed E-state index contributed by atoms with van der Waals surface area (Å²) in [6.45, 7) is 3.13. The van der Waals surface area contributed by atoms with E-state index in [0.29, 0.717) is 0 Å². The van der Waals surface area contributed by atoms with Crippen molar-refractivity contribution in [3.8, 4) is 0 Å². The number of carboxylic acids is 1. The third kappa shape index (κ3) is 3.04. The Bertz CT molecular complexity index is 528. The van der Waals surface area contributed by atoms with Crippen LogP contribution in [0.2, 0.25) is 0 Å². The summed E-state index contributed by atoms with van der Waals surface area (Å²) in [6, 6.07) is 5.55. The zero-order valence-electron chi connectivity index (χ0n) is 9.97. The second kappa shape index (κ2) is 5.77. The Morgan fingerprint density at radius 2 is 1.72 bits per heavy atom. The minimum Gasteiger partial charge on any atom is -0.478 e. The van der Waals surface area contributed by atoms with Crippen LogP contribution in [0.5, 0.6) is 0 Å². The fraction of sp³-hybridized carbons (Fsp3) is 0.154. The number of benzene rings is 1. The standard InChI is InChI=1S/C13H12O5/c1-3-8(2)12(16)18-13(17)10-7-5-4-6-9(10)11(14)15/h3-7H,1-2H3,(H,14,15). The zero-order valence-corrected chi connectivity index (χ0v) is 9.97. The van der Waals surface area contributed by atoms with E-state index in [1.165, 1.54) is 37.3 Å². The molecular weight excluding hydrogens is 236 g/mol. The number of aromatic carboxylic acids is 1. The largest absolute Gasteiger partial charge is 0.478 e. The summed E-state index contributed by atoms with van der Waals surface area (Å²) >= 11 is 0. The molecule has 5 nitrogen and oxygen atoms in total. The molecule has 0 spiro atoms. The van der Waals surface area contributed by atoms with Crippen LogP contribution in [-0.2, 0) is 9.53 Å². The Hall–Kier alpha value is -2.43. The minimum absolute atomic E-state index is 0.151. The van der Waals surface area contributed by atoms with Gasteiger partial charge in [-0.2, -0.15) is 0 Å². The number of esters is 2. The molecule has 5 heteroatoms. The summed E-state index contributed by atoms with van der Waals surface area (Å²) in [5.41, 5.74) is -0.0770. The Morgan fingerprint density at radius 1 is 1.17 bits per heavy atom. The molecule has 0 saturated carbocycles. The number of hydrogen-bond donors (Lipinski definition) is 1. The summed E-state index contributed by atoms with van der Waals surface area (Å²) in [6.07, 6.45) is 1.50. The Morgan fingerprint density at radius 3 is 2.22 bits per heavy atom. The van der Waals surface area contributed by atoms with Crippen LogP contribution in [-0.4, -0.2) is 23.0 Å². The van der Waals surface area contributed by atoms with Gasteiger partial charge in [-0.05, 0) is 26.0 Å². The predicted octanol–water partition coefficient (Wildman–Crippen LogP) is 2.03. The smallest absolute Gasteiger partial charge is 0.346 e. The van der Waals surface area contributed by atoms with Crippen molar-refractivity contribution in [2.45, 2.75) is 13.8 Å². The molecule has 1 aromatic rings. The molecule has 0 aliphatic rings. The summed E-state index contributed by atoms with van der Waals surface area (Å²) in [4.78, 5) is 33.9. The van der Waals surface area contributed by atoms with E-state index in [9.17, 15) is 14.4 Å². The highest BCUT2D eigenvalue weighted by atomic mass is 16.6. The fourth-order valence-corrected chi connectivity index (χ4v) is 1.19. The van der Waals surface area contributed by atoms with Gasteiger partial charge in [-0.15, -0.1) is 0 Å². The monoisotopic (exact) mass is 248 g/mol. The van der Waals surface area contributed by atoms with Crippen LogP contribution >= 0.6 is 0 Å². The van der Waals surface area contributed by atoms with Gasteiger partial charge in [0.05, 0.1) is 11.1 Å². The van der Waals surface area contributed by atoms with Crippen molar-refractivity contribution in [1.29, 1.82) is 0 Å². The van der Waals surface area contributed by atoms with Gasteiger partial charge >= 0.3 is 17.9 Å². The first-order valence-electron chi connectivity index (χ1n) is 5.19. The van der Waals surface area contributed by atoms with E-state index in [1.54, 1.807) is 6.92 Å². The Labute approximate surface area is 104 Å². The van der Waals surface area contributed by atoms with Gasteiger partial charge in [0.1, 0.15) is 0 Å². The first kappa shape index (κ1) is 13.6. The van der Waals surface area contributed by atoms with Crippen LogP contribution in [0, 0.1) is 0 Å². The topological polar surface area (TPSA) is 80.7 Å². The number of hydrogen-bond acceptors (Lipinski definition) is 4. The number of ether oxygens (including phenoxy) is 1. The first-order chi connectivity index (χ1) is 8.47. The normalized spacial score (nSPS) is 10.9. The lowest BCUT2D eigenvalue weighted by molar-refractivity contribution is -0.133. The molecule has 1 N–H and O–H groups in total. The zero-order chi connectivity index (χ0) is 13.7. The number of carbonyl (C=O) groups excluding carboxylic acids is 2. The first-order valence-corrected chi connectivity index (χ1v) is 5.19. The van der Waals surface area contributed by atoms with Crippen molar-refractivity contribution < 1.29 is 24.2 Å². The van der Waals surface area contributed by atoms with Crippen LogP contribution in [0.15, 0.2) is 35.9 Å². The van der Waals surface area contributed by atoms with Crippen molar-refractivity contribution >= 4 is 17.9 Å². The molecule has 0 aromatic heterocycles. The molecule has 1 rings (SSSR count). The van der Waals surface area contributed by atoms with Crippen LogP contribution in [0.3, 0.4) is 0 Å². The van der Waals surface area contributed by atoms with Gasteiger partial charge in [0.25, 0.3) is 0 Å². The summed E-state index contributed by atoms with van der Waals surface area (Å²) in [5, 5.41) is 8.90. The van der Waals surface area contributed by atoms with E-state index in [0.717, 1.165) is 0 Å². The molecule has 94 valence electrons. The highest BCUT2D eigenvalue weighted by Crippen LogP contribution is 2.11. The second-order valence-corrected chi connectivity index (χ2v) is 3.50. The van der Waals surface area contributed by atoms with E-state index in [-0.39, 0.29) is 16.7 Å². The van der Waals surface area contributed by atoms with E-state index >= 15 is 0 Å². The maximum atomic E-state index is 11.7. The summed E-state index contributed by atoms with van der Waals surface area (Å²) in [5.74, 6) is -3.01. The Kier molecular flexibility index (Phi) is 4.37. The molecule has 0 fully saturated rings. The lowest BCUT2D eigenvalue weighted by Gasteiger charge is -2.05. The molecule has 18 heavy (non-hydrogen) atoms. The molecule has 0 radical (unpaired) electrons. The van der Waals surface area contributed by atoms with Crippen molar-refractivity contribution in [2.24, 2.45) is 0 Å². The highest BCUT2D eigenvalue weighted by molar-refractivity contribution is 6.07. The van der Waals surface area contributed by atoms with Crippen molar-refractivity contribution in [3.63, 3.8) is 0 Å². The average Bonchev–Trinajstić information content (AvgIpc) is 2.37. The maximum absolute atomic E-state index is 11.7. The number of carboxylic acid groups (broad SMARTS) is 1. The second-order valence-electron chi connectivity index (χ2n) is 3.50. The Balaban J connectivity index is 2.99. The molecule has 1 aromatic carbocycles. The van der Waals surface area contributed by atoms with Crippen molar-refractivity contribution in [1.82, 2.24) is 0 Å². The van der Waals surface area contributed by atoms with Crippen LogP contribution in [0.1, 0.15) is 34.6 Å². The van der Waals surface area contributed by atoms with Gasteiger partial charge in [-0.25, -0.2) is 14.4 Å². The number of allylic oxidation sites excluding steroid dienone is 1. The molecule has 0 aliphatic heterocycles. The summed E-state index contributed by atoms with van der Waals surface area (Å²) < 4.78 is 4.57. The maximum Gasteiger partial charge on any atom is 0.346 e. The van der Waals surface area contributed by atoms with E-state index in [2.05, 4.69) is 4.74 Å². The third-order valence-electron chi connectivity index (χ3n) is 2.32. The predicted molar refractivity (Wildman–Crippen MR) is 63.3 cm³/mol. The SMILES string of the molecule is CC=C(C)C(=O)OC(=O)c1ccccc1C(=O)O. The molecule has 0 heterocycles. The van der Waals surface area contributed by atoms with E-state index in [4.69, 9.17) is 5.11 Å². The van der Waals surface area contributed by atoms with Gasteiger partial charge in [0.15, 0.2) is 0 Å². The minimum atomic E-state index is -1.25. The van der Waals surface area contributed by atoms with Crippen molar-refractivity contribution in [3.05, 3.63) is 47.0 Å². The van der Waals surface area contributed by atoms with Crippen LogP contribution < -0.4 is 0 Å². The number of carbonyl (C=O) groups is 3. The van der Waals surface area contributed by atoms with E-state index in [1.807, 2.05) is 0 Å². The van der Waals surface area contributed by atoms with Gasteiger partial charge in [-0.3, -0.25) is 0 Å². The van der Waals surface area contributed by atoms with Crippen LogP contribution in [0.25, 0.3) is 0 Å². The fourth-order valence-electron chi connectivity index (χ4n) is 1.19. The van der Waals surface area contributed by atoms with Crippen LogP contribution in [0.4, 0.5) is 0 Å². The summed E-state index contributed by atoms with van der Waals surface area (Å²) in [7, 11) is 0. The third-order valence-corrected chi connectivity index (χ3v) is 2.32. The lowest BCUT2D eigenvalue weighted by Crippen LogP contribution is -2.16.